The molecule has 1 fully saturated rings. The van der Waals surface area contributed by atoms with Crippen LogP contribution < -0.4 is 10.6 Å². The first kappa shape index (κ1) is 16.0. The Hall–Kier alpha value is -1.39. The predicted molar refractivity (Wildman–Crippen MR) is 85.2 cm³/mol. The van der Waals surface area contributed by atoms with Crippen LogP contribution in [0.15, 0.2) is 24.3 Å². The first-order chi connectivity index (χ1) is 10.1. The third-order valence-electron chi connectivity index (χ3n) is 4.45. The molecule has 4 nitrogen and oxygen atoms in total. The van der Waals surface area contributed by atoms with Crippen molar-refractivity contribution in [2.24, 2.45) is 11.8 Å². The predicted octanol–water partition coefficient (Wildman–Crippen LogP) is 2.32. The minimum absolute atomic E-state index is 0.0163. The van der Waals surface area contributed by atoms with E-state index >= 15 is 0 Å². The van der Waals surface area contributed by atoms with Crippen molar-refractivity contribution in [1.82, 2.24) is 5.32 Å². The number of aliphatic hydroxyl groups excluding tert-OH is 1. The standard InChI is InChI=1S/C17H26N2O2/c1-12-6-8-16(9-7-12)19-17(21)13(2)18-10-14-4-3-5-15(14)11-20/h6-9,13-15,18,20H,3-5,10-11H2,1-2H3,(H,19,21). The van der Waals surface area contributed by atoms with E-state index in [2.05, 4.69) is 10.6 Å². The second kappa shape index (κ2) is 7.57. The molecule has 1 saturated carbocycles. The van der Waals surface area contributed by atoms with Crippen molar-refractivity contribution < 1.29 is 9.90 Å². The van der Waals surface area contributed by atoms with Gasteiger partial charge in [0.05, 0.1) is 6.04 Å². The normalized spacial score (nSPS) is 23.0. The highest BCUT2D eigenvalue weighted by molar-refractivity contribution is 5.94. The Labute approximate surface area is 126 Å². The van der Waals surface area contributed by atoms with E-state index in [1.165, 1.54) is 12.0 Å². The largest absolute Gasteiger partial charge is 0.396 e. The summed E-state index contributed by atoms with van der Waals surface area (Å²) in [5.74, 6) is 0.867. The smallest absolute Gasteiger partial charge is 0.241 e. The van der Waals surface area contributed by atoms with Gasteiger partial charge in [-0.1, -0.05) is 24.1 Å². The fourth-order valence-electron chi connectivity index (χ4n) is 2.93. The fourth-order valence-corrected chi connectivity index (χ4v) is 2.93. The van der Waals surface area contributed by atoms with Gasteiger partial charge in [0.1, 0.15) is 0 Å². The molecule has 1 aliphatic rings. The molecule has 0 aromatic heterocycles. The van der Waals surface area contributed by atoms with Gasteiger partial charge >= 0.3 is 0 Å². The van der Waals surface area contributed by atoms with Crippen LogP contribution in [-0.2, 0) is 4.79 Å². The SMILES string of the molecule is Cc1ccc(NC(=O)C(C)NCC2CCCC2CO)cc1. The minimum Gasteiger partial charge on any atom is -0.396 e. The average molecular weight is 290 g/mol. The molecular formula is C17H26N2O2. The van der Waals surface area contributed by atoms with Gasteiger partial charge in [-0.3, -0.25) is 4.79 Å². The Morgan fingerprint density at radius 1 is 1.29 bits per heavy atom. The van der Waals surface area contributed by atoms with Gasteiger partial charge in [0.2, 0.25) is 5.91 Å². The van der Waals surface area contributed by atoms with Crippen molar-refractivity contribution in [3.63, 3.8) is 0 Å². The molecule has 2 rings (SSSR count). The Bertz CT molecular complexity index is 458. The van der Waals surface area contributed by atoms with Gasteiger partial charge in [0, 0.05) is 12.3 Å². The lowest BCUT2D eigenvalue weighted by atomic mass is 9.97. The molecule has 0 bridgehead atoms. The van der Waals surface area contributed by atoms with E-state index in [9.17, 15) is 9.90 Å². The van der Waals surface area contributed by atoms with Crippen molar-refractivity contribution in [2.45, 2.75) is 39.2 Å². The van der Waals surface area contributed by atoms with Crippen LogP contribution >= 0.6 is 0 Å². The van der Waals surface area contributed by atoms with E-state index in [4.69, 9.17) is 0 Å². The molecule has 1 amide bonds. The lowest BCUT2D eigenvalue weighted by Crippen LogP contribution is -2.41. The summed E-state index contributed by atoms with van der Waals surface area (Å²) in [5, 5.41) is 15.5. The van der Waals surface area contributed by atoms with E-state index in [-0.39, 0.29) is 18.6 Å². The van der Waals surface area contributed by atoms with Crippen LogP contribution in [0.4, 0.5) is 5.69 Å². The minimum atomic E-state index is -0.230. The van der Waals surface area contributed by atoms with Gasteiger partial charge in [-0.2, -0.15) is 0 Å². The topological polar surface area (TPSA) is 61.4 Å². The third-order valence-corrected chi connectivity index (χ3v) is 4.45. The van der Waals surface area contributed by atoms with Gasteiger partial charge in [-0.15, -0.1) is 0 Å². The fraction of sp³-hybridized carbons (Fsp3) is 0.588. The van der Waals surface area contributed by atoms with E-state index in [1.54, 1.807) is 0 Å². The van der Waals surface area contributed by atoms with Crippen LogP contribution in [0.5, 0.6) is 0 Å². The number of rotatable bonds is 6. The molecule has 1 aromatic carbocycles. The molecule has 0 radical (unpaired) electrons. The number of nitrogens with one attached hydrogen (secondary N) is 2. The molecule has 116 valence electrons. The Morgan fingerprint density at radius 2 is 1.95 bits per heavy atom. The van der Waals surface area contributed by atoms with Gasteiger partial charge < -0.3 is 15.7 Å². The van der Waals surface area contributed by atoms with Crippen LogP contribution in [-0.4, -0.2) is 30.2 Å². The quantitative estimate of drug-likeness (QED) is 0.753. The molecular weight excluding hydrogens is 264 g/mol. The maximum Gasteiger partial charge on any atom is 0.241 e. The number of amides is 1. The molecule has 0 spiro atoms. The van der Waals surface area contributed by atoms with Crippen LogP contribution in [0, 0.1) is 18.8 Å². The number of hydrogen-bond donors (Lipinski definition) is 3. The maximum absolute atomic E-state index is 12.1. The summed E-state index contributed by atoms with van der Waals surface area (Å²) in [6.45, 7) is 4.96. The maximum atomic E-state index is 12.1. The lowest BCUT2D eigenvalue weighted by Gasteiger charge is -2.21. The second-order valence-electron chi connectivity index (χ2n) is 6.12. The summed E-state index contributed by atoms with van der Waals surface area (Å²) in [7, 11) is 0. The van der Waals surface area contributed by atoms with Gasteiger partial charge in [-0.05, 0) is 57.2 Å². The summed E-state index contributed by atoms with van der Waals surface area (Å²) in [4.78, 5) is 12.1. The molecule has 1 aliphatic carbocycles. The zero-order valence-electron chi connectivity index (χ0n) is 12.9. The lowest BCUT2D eigenvalue weighted by molar-refractivity contribution is -0.117. The highest BCUT2D eigenvalue weighted by atomic mass is 16.3. The van der Waals surface area contributed by atoms with Crippen LogP contribution in [0.1, 0.15) is 31.7 Å². The van der Waals surface area contributed by atoms with Crippen LogP contribution in [0.2, 0.25) is 0 Å². The zero-order valence-corrected chi connectivity index (χ0v) is 12.9. The van der Waals surface area contributed by atoms with E-state index in [0.29, 0.717) is 11.8 Å². The Kier molecular flexibility index (Phi) is 5.76. The Morgan fingerprint density at radius 3 is 2.62 bits per heavy atom. The van der Waals surface area contributed by atoms with Crippen molar-refractivity contribution in [3.8, 4) is 0 Å². The number of carbonyl (C=O) groups is 1. The Balaban J connectivity index is 1.78. The van der Waals surface area contributed by atoms with E-state index in [1.807, 2.05) is 38.1 Å². The summed E-state index contributed by atoms with van der Waals surface area (Å²) in [6.07, 6.45) is 3.43. The first-order valence-corrected chi connectivity index (χ1v) is 7.82. The number of aryl methyl sites for hydroxylation is 1. The molecule has 0 aliphatic heterocycles. The average Bonchev–Trinajstić information content (AvgIpc) is 2.94. The number of benzene rings is 1. The molecule has 0 heterocycles. The monoisotopic (exact) mass is 290 g/mol. The van der Waals surface area contributed by atoms with Crippen molar-refractivity contribution >= 4 is 11.6 Å². The number of anilines is 1. The van der Waals surface area contributed by atoms with Gasteiger partial charge in [0.25, 0.3) is 0 Å². The van der Waals surface area contributed by atoms with Crippen molar-refractivity contribution in [3.05, 3.63) is 29.8 Å². The molecule has 1 aromatic rings. The zero-order chi connectivity index (χ0) is 15.2. The van der Waals surface area contributed by atoms with Crippen LogP contribution in [0.25, 0.3) is 0 Å². The van der Waals surface area contributed by atoms with Gasteiger partial charge in [0.15, 0.2) is 0 Å². The highest BCUT2D eigenvalue weighted by Crippen LogP contribution is 2.30. The first-order valence-electron chi connectivity index (χ1n) is 7.82. The second-order valence-corrected chi connectivity index (χ2v) is 6.12. The molecule has 3 unspecified atom stereocenters. The van der Waals surface area contributed by atoms with Crippen molar-refractivity contribution in [1.29, 1.82) is 0 Å². The van der Waals surface area contributed by atoms with Crippen LogP contribution in [0.3, 0.4) is 0 Å². The van der Waals surface area contributed by atoms with Crippen molar-refractivity contribution in [2.75, 3.05) is 18.5 Å². The summed E-state index contributed by atoms with van der Waals surface area (Å²) < 4.78 is 0. The number of hydrogen-bond acceptors (Lipinski definition) is 3. The molecule has 21 heavy (non-hydrogen) atoms. The van der Waals surface area contributed by atoms with Gasteiger partial charge in [-0.25, -0.2) is 0 Å². The number of carbonyl (C=O) groups excluding carboxylic acids is 1. The summed E-state index contributed by atoms with van der Waals surface area (Å²) in [5.41, 5.74) is 2.00. The number of aliphatic hydroxyl groups is 1. The third kappa shape index (κ3) is 4.55. The van der Waals surface area contributed by atoms with E-state index < -0.39 is 0 Å². The molecule has 3 atom stereocenters. The molecule has 3 N–H and O–H groups in total. The summed E-state index contributed by atoms with van der Waals surface area (Å²) in [6, 6.07) is 7.57. The van der Waals surface area contributed by atoms with E-state index in [0.717, 1.165) is 25.1 Å². The highest BCUT2D eigenvalue weighted by Gasteiger charge is 2.27. The molecule has 0 saturated heterocycles. The molecule has 4 heteroatoms. The summed E-state index contributed by atoms with van der Waals surface area (Å²) >= 11 is 0.